The molecule has 1 amide bonds. The summed E-state index contributed by atoms with van der Waals surface area (Å²) >= 11 is 5.88. The molecule has 3 N–H and O–H groups in total. The third-order valence-corrected chi connectivity index (χ3v) is 2.44. The highest BCUT2D eigenvalue weighted by molar-refractivity contribution is 6.30. The molecule has 0 fully saturated rings. The lowest BCUT2D eigenvalue weighted by Gasteiger charge is -2.13. The number of hydrogen-bond donors (Lipinski definition) is 2. The highest BCUT2D eigenvalue weighted by Gasteiger charge is 2.07. The number of nitrogens with one attached hydrogen (secondary N) is 1. The van der Waals surface area contributed by atoms with Gasteiger partial charge in [0.05, 0.1) is 0 Å². The van der Waals surface area contributed by atoms with Crippen molar-refractivity contribution >= 4 is 17.5 Å². The Hall–Kier alpha value is -1.06. The predicted molar refractivity (Wildman–Crippen MR) is 66.4 cm³/mol. The van der Waals surface area contributed by atoms with Crippen molar-refractivity contribution in [2.24, 2.45) is 5.73 Å². The van der Waals surface area contributed by atoms with E-state index >= 15 is 0 Å². The molecule has 3 nitrogen and oxygen atoms in total. The van der Waals surface area contributed by atoms with Crippen LogP contribution in [0.15, 0.2) is 24.3 Å². The monoisotopic (exact) mass is 240 g/mol. The molecule has 1 aromatic carbocycles. The van der Waals surface area contributed by atoms with Crippen molar-refractivity contribution in [1.29, 1.82) is 0 Å². The smallest absolute Gasteiger partial charge is 0.221 e. The molecule has 0 radical (unpaired) electrons. The van der Waals surface area contributed by atoms with Crippen LogP contribution < -0.4 is 11.1 Å². The van der Waals surface area contributed by atoms with Crippen LogP contribution in [0.3, 0.4) is 0 Å². The third kappa shape index (κ3) is 4.64. The first kappa shape index (κ1) is 13.0. The summed E-state index contributed by atoms with van der Waals surface area (Å²) in [6.07, 6.45) is 1.15. The van der Waals surface area contributed by atoms with Gasteiger partial charge in [-0.25, -0.2) is 0 Å². The van der Waals surface area contributed by atoms with E-state index in [0.29, 0.717) is 13.0 Å². The van der Waals surface area contributed by atoms with E-state index in [1.165, 1.54) is 0 Å². The second-order valence-electron chi connectivity index (χ2n) is 3.84. The molecule has 0 aliphatic rings. The minimum atomic E-state index is -0.00275. The lowest BCUT2D eigenvalue weighted by molar-refractivity contribution is -0.121. The summed E-state index contributed by atoms with van der Waals surface area (Å²) < 4.78 is 0. The molecule has 0 heterocycles. The van der Waals surface area contributed by atoms with Gasteiger partial charge in [-0.1, -0.05) is 23.7 Å². The number of halogens is 1. The van der Waals surface area contributed by atoms with Crippen LogP contribution in [0.4, 0.5) is 0 Å². The molecule has 4 heteroatoms. The van der Waals surface area contributed by atoms with Crippen molar-refractivity contribution in [2.75, 3.05) is 6.54 Å². The van der Waals surface area contributed by atoms with E-state index in [9.17, 15) is 4.79 Å². The van der Waals surface area contributed by atoms with E-state index in [1.54, 1.807) is 0 Å². The average Bonchev–Trinajstić information content (AvgIpc) is 2.17. The number of carbonyl (C=O) groups is 1. The number of hydrogen-bond acceptors (Lipinski definition) is 2. The van der Waals surface area contributed by atoms with E-state index in [4.69, 9.17) is 17.3 Å². The van der Waals surface area contributed by atoms with Crippen molar-refractivity contribution < 1.29 is 4.79 Å². The van der Waals surface area contributed by atoms with Crippen LogP contribution in [0.2, 0.25) is 5.02 Å². The summed E-state index contributed by atoms with van der Waals surface area (Å²) in [5.41, 5.74) is 6.42. The third-order valence-electron chi connectivity index (χ3n) is 2.21. The molecule has 16 heavy (non-hydrogen) atoms. The summed E-state index contributed by atoms with van der Waals surface area (Å²) in [6, 6.07) is 7.75. The molecule has 0 aliphatic carbocycles. The van der Waals surface area contributed by atoms with Crippen molar-refractivity contribution in [3.8, 4) is 0 Å². The largest absolute Gasteiger partial charge is 0.353 e. The Morgan fingerprint density at radius 1 is 1.56 bits per heavy atom. The topological polar surface area (TPSA) is 55.1 Å². The van der Waals surface area contributed by atoms with Crippen LogP contribution in [-0.4, -0.2) is 18.5 Å². The predicted octanol–water partition coefficient (Wildman–Crippen LogP) is 1.74. The Labute approximate surface area is 101 Å². The van der Waals surface area contributed by atoms with E-state index in [1.807, 2.05) is 31.2 Å². The molecule has 0 aromatic heterocycles. The second kappa shape index (κ2) is 6.51. The Kier molecular flexibility index (Phi) is 5.29. The van der Waals surface area contributed by atoms with E-state index in [2.05, 4.69) is 5.32 Å². The van der Waals surface area contributed by atoms with Gasteiger partial charge in [-0.05, 0) is 31.0 Å². The van der Waals surface area contributed by atoms with Gasteiger partial charge in [-0.15, -0.1) is 0 Å². The first-order valence-corrected chi connectivity index (χ1v) is 5.73. The van der Waals surface area contributed by atoms with Crippen LogP contribution in [0.5, 0.6) is 0 Å². The molecule has 0 saturated carbocycles. The maximum absolute atomic E-state index is 11.3. The molecule has 0 saturated heterocycles. The van der Waals surface area contributed by atoms with Gasteiger partial charge in [-0.3, -0.25) is 4.79 Å². The van der Waals surface area contributed by atoms with Gasteiger partial charge in [-0.2, -0.15) is 0 Å². The van der Waals surface area contributed by atoms with Gasteiger partial charge in [0.15, 0.2) is 0 Å². The molecule has 0 spiro atoms. The minimum Gasteiger partial charge on any atom is -0.353 e. The van der Waals surface area contributed by atoms with Gasteiger partial charge in [0.1, 0.15) is 0 Å². The minimum absolute atomic E-state index is 0.00275. The van der Waals surface area contributed by atoms with E-state index < -0.39 is 0 Å². The fourth-order valence-corrected chi connectivity index (χ4v) is 1.76. The quantitative estimate of drug-likeness (QED) is 0.824. The maximum atomic E-state index is 11.3. The molecule has 88 valence electrons. The standard InChI is InChI=1S/C12H17ClN2O/c1-9(15-12(16)5-6-14)7-10-3-2-4-11(13)8-10/h2-4,8-9H,5-7,14H2,1H3,(H,15,16). The number of rotatable bonds is 5. The Balaban J connectivity index is 2.45. The first-order valence-electron chi connectivity index (χ1n) is 5.35. The highest BCUT2D eigenvalue weighted by atomic mass is 35.5. The van der Waals surface area contributed by atoms with Crippen molar-refractivity contribution in [1.82, 2.24) is 5.32 Å². The molecule has 1 atom stereocenters. The fourth-order valence-electron chi connectivity index (χ4n) is 1.55. The zero-order chi connectivity index (χ0) is 12.0. The summed E-state index contributed by atoms with van der Waals surface area (Å²) in [4.78, 5) is 11.3. The average molecular weight is 241 g/mol. The Morgan fingerprint density at radius 3 is 2.94 bits per heavy atom. The molecule has 1 aromatic rings. The van der Waals surface area contributed by atoms with Crippen LogP contribution in [0.1, 0.15) is 18.9 Å². The zero-order valence-electron chi connectivity index (χ0n) is 9.37. The van der Waals surface area contributed by atoms with E-state index in [-0.39, 0.29) is 11.9 Å². The summed E-state index contributed by atoms with van der Waals surface area (Å²) in [5.74, 6) is -0.00275. The fraction of sp³-hybridized carbons (Fsp3) is 0.417. The van der Waals surface area contributed by atoms with Gasteiger partial charge in [0, 0.05) is 24.0 Å². The first-order chi connectivity index (χ1) is 7.61. The Bertz CT molecular complexity index is 355. The van der Waals surface area contributed by atoms with Crippen LogP contribution in [-0.2, 0) is 11.2 Å². The molecular formula is C12H17ClN2O. The number of amides is 1. The van der Waals surface area contributed by atoms with Crippen molar-refractivity contribution in [3.63, 3.8) is 0 Å². The maximum Gasteiger partial charge on any atom is 0.221 e. The number of carbonyl (C=O) groups excluding carboxylic acids is 1. The molecule has 0 aliphatic heterocycles. The van der Waals surface area contributed by atoms with Crippen LogP contribution >= 0.6 is 11.6 Å². The molecular weight excluding hydrogens is 224 g/mol. The van der Waals surface area contributed by atoms with Gasteiger partial charge < -0.3 is 11.1 Å². The van der Waals surface area contributed by atoms with Crippen LogP contribution in [0, 0.1) is 0 Å². The summed E-state index contributed by atoms with van der Waals surface area (Å²) in [6.45, 7) is 2.35. The van der Waals surface area contributed by atoms with Crippen molar-refractivity contribution in [2.45, 2.75) is 25.8 Å². The van der Waals surface area contributed by atoms with Gasteiger partial charge >= 0.3 is 0 Å². The number of nitrogens with two attached hydrogens (primary N) is 1. The summed E-state index contributed by atoms with van der Waals surface area (Å²) in [5, 5.41) is 3.61. The lowest BCUT2D eigenvalue weighted by atomic mass is 10.1. The van der Waals surface area contributed by atoms with E-state index in [0.717, 1.165) is 17.0 Å². The SMILES string of the molecule is CC(Cc1cccc(Cl)c1)NC(=O)CCN. The molecule has 0 bridgehead atoms. The van der Waals surface area contributed by atoms with Crippen LogP contribution in [0.25, 0.3) is 0 Å². The zero-order valence-corrected chi connectivity index (χ0v) is 10.1. The Morgan fingerprint density at radius 2 is 2.31 bits per heavy atom. The van der Waals surface area contributed by atoms with Gasteiger partial charge in [0.2, 0.25) is 5.91 Å². The van der Waals surface area contributed by atoms with Crippen molar-refractivity contribution in [3.05, 3.63) is 34.9 Å². The number of benzene rings is 1. The highest BCUT2D eigenvalue weighted by Crippen LogP contribution is 2.12. The molecule has 1 rings (SSSR count). The lowest BCUT2D eigenvalue weighted by Crippen LogP contribution is -2.35. The molecule has 1 unspecified atom stereocenters. The second-order valence-corrected chi connectivity index (χ2v) is 4.28. The summed E-state index contributed by atoms with van der Waals surface area (Å²) in [7, 11) is 0. The van der Waals surface area contributed by atoms with Gasteiger partial charge in [0.25, 0.3) is 0 Å². The normalized spacial score (nSPS) is 12.2.